The van der Waals surface area contributed by atoms with E-state index in [1.54, 1.807) is 7.11 Å². The summed E-state index contributed by atoms with van der Waals surface area (Å²) in [5, 5.41) is 3.34. The van der Waals surface area contributed by atoms with Gasteiger partial charge in [0, 0.05) is 50.6 Å². The molecular formula is C32H39N3O3. The number of hydrogen-bond donors (Lipinski definition) is 1. The van der Waals surface area contributed by atoms with Gasteiger partial charge in [-0.2, -0.15) is 0 Å². The Kier molecular flexibility index (Phi) is 8.01. The van der Waals surface area contributed by atoms with Gasteiger partial charge in [-0.1, -0.05) is 24.3 Å². The van der Waals surface area contributed by atoms with Gasteiger partial charge in [-0.25, -0.2) is 0 Å². The Morgan fingerprint density at radius 1 is 0.947 bits per heavy atom. The van der Waals surface area contributed by atoms with E-state index in [2.05, 4.69) is 54.2 Å². The minimum absolute atomic E-state index is 0.00108. The van der Waals surface area contributed by atoms with Crippen LogP contribution in [0.1, 0.15) is 39.0 Å². The van der Waals surface area contributed by atoms with E-state index < -0.39 is 0 Å². The van der Waals surface area contributed by atoms with Gasteiger partial charge in [0.25, 0.3) is 5.91 Å². The highest BCUT2D eigenvalue weighted by Gasteiger charge is 2.27. The number of amides is 1. The molecule has 1 heterocycles. The molecule has 200 valence electrons. The summed E-state index contributed by atoms with van der Waals surface area (Å²) in [4.78, 5) is 18.1. The highest BCUT2D eigenvalue weighted by molar-refractivity contribution is 5.95. The molecule has 6 heteroatoms. The zero-order valence-electron chi connectivity index (χ0n) is 23.0. The van der Waals surface area contributed by atoms with Gasteiger partial charge in [0.1, 0.15) is 5.75 Å². The molecule has 1 aliphatic carbocycles. The van der Waals surface area contributed by atoms with E-state index >= 15 is 0 Å². The summed E-state index contributed by atoms with van der Waals surface area (Å²) in [6.45, 7) is 8.79. The number of hydrogen-bond acceptors (Lipinski definition) is 5. The summed E-state index contributed by atoms with van der Waals surface area (Å²) >= 11 is 0. The minimum atomic E-state index is -0.00108. The smallest absolute Gasteiger partial charge is 0.251 e. The first-order valence-electron chi connectivity index (χ1n) is 13.6. The fourth-order valence-corrected chi connectivity index (χ4v) is 5.75. The van der Waals surface area contributed by atoms with Crippen molar-refractivity contribution < 1.29 is 14.3 Å². The maximum absolute atomic E-state index is 13.2. The van der Waals surface area contributed by atoms with Gasteiger partial charge in [0.2, 0.25) is 0 Å². The number of carbonyl (C=O) groups is 1. The van der Waals surface area contributed by atoms with Crippen molar-refractivity contribution in [1.82, 2.24) is 10.2 Å². The van der Waals surface area contributed by atoms with Crippen LogP contribution in [0.2, 0.25) is 0 Å². The van der Waals surface area contributed by atoms with E-state index in [4.69, 9.17) is 9.47 Å². The SMILES string of the molecule is COCOc1ccc(-c2ccc(C(=O)N[C@@H]3CCc4c(C)ccc(N5CCN(C)CC5)c4C3)cc2)c(C)c1. The number of rotatable bonds is 7. The molecule has 1 N–H and O–H groups in total. The van der Waals surface area contributed by atoms with Crippen molar-refractivity contribution in [3.05, 3.63) is 82.4 Å². The van der Waals surface area contributed by atoms with Crippen molar-refractivity contribution in [3.63, 3.8) is 0 Å². The second-order valence-corrected chi connectivity index (χ2v) is 10.7. The summed E-state index contributed by atoms with van der Waals surface area (Å²) in [5.41, 5.74) is 9.64. The largest absolute Gasteiger partial charge is 0.468 e. The van der Waals surface area contributed by atoms with E-state index in [0.29, 0.717) is 5.56 Å². The van der Waals surface area contributed by atoms with Crippen LogP contribution in [0.5, 0.6) is 5.75 Å². The molecule has 1 amide bonds. The van der Waals surface area contributed by atoms with E-state index in [1.165, 1.54) is 22.4 Å². The first kappa shape index (κ1) is 26.3. The van der Waals surface area contributed by atoms with E-state index in [1.807, 2.05) is 36.4 Å². The number of methoxy groups -OCH3 is 1. The van der Waals surface area contributed by atoms with Crippen molar-refractivity contribution >= 4 is 11.6 Å². The molecule has 6 nitrogen and oxygen atoms in total. The summed E-state index contributed by atoms with van der Waals surface area (Å²) in [6, 6.07) is 18.6. The first-order chi connectivity index (χ1) is 18.4. The fraction of sp³-hybridized carbons (Fsp3) is 0.406. The van der Waals surface area contributed by atoms with Crippen molar-refractivity contribution in [3.8, 4) is 16.9 Å². The summed E-state index contributed by atoms with van der Waals surface area (Å²) in [7, 11) is 3.80. The maximum atomic E-state index is 13.2. The number of carbonyl (C=O) groups excluding carboxylic acids is 1. The summed E-state index contributed by atoms with van der Waals surface area (Å²) in [5.74, 6) is 0.781. The normalized spacial score (nSPS) is 17.7. The average Bonchev–Trinajstić information content (AvgIpc) is 2.93. The second-order valence-electron chi connectivity index (χ2n) is 10.7. The molecule has 0 aromatic heterocycles. The topological polar surface area (TPSA) is 54.0 Å². The highest BCUT2D eigenvalue weighted by atomic mass is 16.7. The number of likely N-dealkylation sites (N-methyl/N-ethyl adjacent to an activating group) is 1. The number of nitrogens with zero attached hydrogens (tertiary/aromatic N) is 2. The number of aryl methyl sites for hydroxylation is 2. The Morgan fingerprint density at radius 3 is 2.42 bits per heavy atom. The van der Waals surface area contributed by atoms with Gasteiger partial charge in [0.05, 0.1) is 0 Å². The lowest BCUT2D eigenvalue weighted by Gasteiger charge is -2.37. The first-order valence-corrected chi connectivity index (χ1v) is 13.6. The number of nitrogens with one attached hydrogen (secondary N) is 1. The standard InChI is InChI=1S/C32H39N3O3/c1-22-5-14-31(35-17-15-34(3)16-18-35)30-20-26(10-12-29(22)30)33-32(36)25-8-6-24(7-9-25)28-13-11-27(19-23(28)2)38-21-37-4/h5-9,11,13-14,19,26H,10,12,15-18,20-21H2,1-4H3,(H,33,36)/t26-/m1/s1. The molecule has 3 aromatic carbocycles. The van der Waals surface area contributed by atoms with Crippen molar-refractivity contribution in [2.45, 2.75) is 39.2 Å². The lowest BCUT2D eigenvalue weighted by molar-refractivity contribution is 0.0511. The van der Waals surface area contributed by atoms with Gasteiger partial charge in [-0.15, -0.1) is 0 Å². The molecule has 3 aromatic rings. The number of ether oxygens (including phenoxy) is 2. The Balaban J connectivity index is 1.26. The van der Waals surface area contributed by atoms with Gasteiger partial charge in [-0.05, 0) is 104 Å². The molecule has 0 saturated carbocycles. The molecule has 2 aliphatic rings. The Bertz CT molecular complexity index is 1280. The molecule has 0 radical (unpaired) electrons. The summed E-state index contributed by atoms with van der Waals surface area (Å²) in [6.07, 6.45) is 2.87. The third-order valence-electron chi connectivity index (χ3n) is 8.01. The maximum Gasteiger partial charge on any atom is 0.251 e. The lowest BCUT2D eigenvalue weighted by atomic mass is 9.84. The predicted molar refractivity (Wildman–Crippen MR) is 153 cm³/mol. The zero-order chi connectivity index (χ0) is 26.6. The molecular weight excluding hydrogens is 474 g/mol. The van der Waals surface area contributed by atoms with Crippen LogP contribution in [0, 0.1) is 13.8 Å². The zero-order valence-corrected chi connectivity index (χ0v) is 23.0. The van der Waals surface area contributed by atoms with Crippen LogP contribution in [0.3, 0.4) is 0 Å². The number of fused-ring (bicyclic) bond motifs is 1. The van der Waals surface area contributed by atoms with E-state index in [0.717, 1.165) is 67.9 Å². The third-order valence-corrected chi connectivity index (χ3v) is 8.01. The molecule has 1 fully saturated rings. The van der Waals surface area contributed by atoms with Crippen LogP contribution in [-0.2, 0) is 17.6 Å². The Labute approximate surface area is 226 Å². The van der Waals surface area contributed by atoms with Crippen LogP contribution in [0.15, 0.2) is 54.6 Å². The average molecular weight is 514 g/mol. The molecule has 1 atom stereocenters. The molecule has 0 unspecified atom stereocenters. The Hall–Kier alpha value is -3.35. The predicted octanol–water partition coefficient (Wildman–Crippen LogP) is 4.99. The van der Waals surface area contributed by atoms with Gasteiger partial charge in [0.15, 0.2) is 6.79 Å². The Morgan fingerprint density at radius 2 is 1.71 bits per heavy atom. The lowest BCUT2D eigenvalue weighted by Crippen LogP contribution is -2.45. The molecule has 1 aliphatic heterocycles. The van der Waals surface area contributed by atoms with Crippen LogP contribution >= 0.6 is 0 Å². The van der Waals surface area contributed by atoms with Crippen LogP contribution < -0.4 is 15.0 Å². The van der Waals surface area contributed by atoms with E-state index in [-0.39, 0.29) is 18.7 Å². The number of benzene rings is 3. The van der Waals surface area contributed by atoms with Gasteiger partial charge in [-0.3, -0.25) is 4.79 Å². The highest BCUT2D eigenvalue weighted by Crippen LogP contribution is 2.34. The van der Waals surface area contributed by atoms with Crippen molar-refractivity contribution in [1.29, 1.82) is 0 Å². The minimum Gasteiger partial charge on any atom is -0.468 e. The third kappa shape index (κ3) is 5.71. The molecule has 38 heavy (non-hydrogen) atoms. The monoisotopic (exact) mass is 513 g/mol. The van der Waals surface area contributed by atoms with Gasteiger partial charge >= 0.3 is 0 Å². The molecule has 0 bridgehead atoms. The summed E-state index contributed by atoms with van der Waals surface area (Å²) < 4.78 is 10.5. The van der Waals surface area contributed by atoms with Crippen LogP contribution in [0.25, 0.3) is 11.1 Å². The molecule has 1 saturated heterocycles. The molecule has 5 rings (SSSR count). The molecule has 0 spiro atoms. The fourth-order valence-electron chi connectivity index (χ4n) is 5.75. The number of anilines is 1. The van der Waals surface area contributed by atoms with Crippen LogP contribution in [-0.4, -0.2) is 64.0 Å². The second kappa shape index (κ2) is 11.6. The quantitative estimate of drug-likeness (QED) is 0.451. The van der Waals surface area contributed by atoms with Crippen LogP contribution in [0.4, 0.5) is 5.69 Å². The van der Waals surface area contributed by atoms with Crippen molar-refractivity contribution in [2.24, 2.45) is 0 Å². The van der Waals surface area contributed by atoms with Gasteiger partial charge < -0.3 is 24.6 Å². The van der Waals surface area contributed by atoms with E-state index in [9.17, 15) is 4.79 Å². The number of piperazine rings is 1. The van der Waals surface area contributed by atoms with Crippen molar-refractivity contribution in [2.75, 3.05) is 52.0 Å².